The highest BCUT2D eigenvalue weighted by Crippen LogP contribution is 1.86. The number of carboxylic acids is 1. The zero-order valence-electron chi connectivity index (χ0n) is 7.55. The van der Waals surface area contributed by atoms with Crippen molar-refractivity contribution in [3.63, 3.8) is 0 Å². The number of aliphatic carboxylic acids is 1. The van der Waals surface area contributed by atoms with Crippen molar-refractivity contribution in [1.29, 1.82) is 0 Å². The molecule has 0 atom stereocenters. The van der Waals surface area contributed by atoms with E-state index >= 15 is 0 Å². The highest BCUT2D eigenvalue weighted by atomic mass is 16.4. The van der Waals surface area contributed by atoms with Crippen LogP contribution in [0, 0.1) is 0 Å². The molecule has 0 unspecified atom stereocenters. The number of carboxylic acid groups (broad SMARTS) is 1. The molecule has 0 aromatic rings. The highest BCUT2D eigenvalue weighted by molar-refractivity contribution is 5.66. The molecule has 0 radical (unpaired) electrons. The molecule has 0 bridgehead atoms. The zero-order valence-corrected chi connectivity index (χ0v) is 7.55. The molecule has 0 fully saturated rings. The fraction of sp³-hybridized carbons (Fsp3) is 0.667. The Balaban J connectivity index is 2.96. The number of carbonyl (C=O) groups is 1. The third kappa shape index (κ3) is 9.17. The second-order valence-corrected chi connectivity index (χ2v) is 2.61. The van der Waals surface area contributed by atoms with E-state index in [-0.39, 0.29) is 6.42 Å². The minimum Gasteiger partial charge on any atom is -0.481 e. The maximum atomic E-state index is 10.1. The van der Waals surface area contributed by atoms with Gasteiger partial charge in [-0.25, -0.2) is 0 Å². The Labute approximate surface area is 73.5 Å². The Hall–Kier alpha value is -0.830. The minimum absolute atomic E-state index is 0.261. The molecule has 2 N–H and O–H groups in total. The van der Waals surface area contributed by atoms with Crippen molar-refractivity contribution in [3.8, 4) is 0 Å². The monoisotopic (exact) mass is 171 g/mol. The number of rotatable bonds is 7. The summed E-state index contributed by atoms with van der Waals surface area (Å²) in [6.45, 7) is 3.72. The summed E-state index contributed by atoms with van der Waals surface area (Å²) in [4.78, 5) is 10.1. The molecule has 70 valence electrons. The second kappa shape index (κ2) is 8.27. The highest BCUT2D eigenvalue weighted by Gasteiger charge is 1.94. The van der Waals surface area contributed by atoms with E-state index in [1.807, 2.05) is 13.0 Å². The van der Waals surface area contributed by atoms with Crippen LogP contribution in [0.15, 0.2) is 12.2 Å². The van der Waals surface area contributed by atoms with Gasteiger partial charge in [-0.1, -0.05) is 12.2 Å². The summed E-state index contributed by atoms with van der Waals surface area (Å²) in [6, 6.07) is 0. The first-order chi connectivity index (χ1) is 5.77. The molecule has 0 aliphatic heterocycles. The summed E-state index contributed by atoms with van der Waals surface area (Å²) in [6.07, 6.45) is 6.09. The molecular formula is C9H17NO2. The van der Waals surface area contributed by atoms with Crippen LogP contribution >= 0.6 is 0 Å². The topological polar surface area (TPSA) is 49.3 Å². The lowest BCUT2D eigenvalue weighted by molar-refractivity contribution is -0.137. The van der Waals surface area contributed by atoms with Crippen LogP contribution in [0.4, 0.5) is 0 Å². The fourth-order valence-corrected chi connectivity index (χ4v) is 0.842. The van der Waals surface area contributed by atoms with Gasteiger partial charge in [0, 0.05) is 6.42 Å². The summed E-state index contributed by atoms with van der Waals surface area (Å²) >= 11 is 0. The summed E-state index contributed by atoms with van der Waals surface area (Å²) in [5, 5.41) is 11.5. The van der Waals surface area contributed by atoms with Crippen molar-refractivity contribution in [2.24, 2.45) is 0 Å². The van der Waals surface area contributed by atoms with Crippen LogP contribution in [0.1, 0.15) is 26.2 Å². The standard InChI is InChI=1S/C9H17NO2/c1-2-3-4-7-10-8-5-6-9(11)12/h2-3,10H,4-8H2,1H3,(H,11,12)/b3-2+. The predicted molar refractivity (Wildman–Crippen MR) is 49.2 cm³/mol. The average molecular weight is 171 g/mol. The van der Waals surface area contributed by atoms with Crippen LogP contribution < -0.4 is 5.32 Å². The first kappa shape index (κ1) is 11.2. The smallest absolute Gasteiger partial charge is 0.303 e. The van der Waals surface area contributed by atoms with Crippen LogP contribution in [-0.4, -0.2) is 24.2 Å². The fourth-order valence-electron chi connectivity index (χ4n) is 0.842. The Kier molecular flexibility index (Phi) is 7.70. The average Bonchev–Trinajstić information content (AvgIpc) is 2.02. The largest absolute Gasteiger partial charge is 0.481 e. The summed E-state index contributed by atoms with van der Waals surface area (Å²) in [5.41, 5.74) is 0. The van der Waals surface area contributed by atoms with Gasteiger partial charge >= 0.3 is 5.97 Å². The molecule has 0 spiro atoms. The van der Waals surface area contributed by atoms with E-state index in [0.717, 1.165) is 19.5 Å². The van der Waals surface area contributed by atoms with E-state index in [9.17, 15) is 4.79 Å². The molecule has 0 saturated carbocycles. The van der Waals surface area contributed by atoms with Crippen molar-refractivity contribution in [2.75, 3.05) is 13.1 Å². The normalized spacial score (nSPS) is 10.8. The Morgan fingerprint density at radius 1 is 1.50 bits per heavy atom. The van der Waals surface area contributed by atoms with Crippen LogP contribution in [0.25, 0.3) is 0 Å². The lowest BCUT2D eigenvalue weighted by Crippen LogP contribution is -2.16. The lowest BCUT2D eigenvalue weighted by atomic mass is 10.3. The summed E-state index contributed by atoms with van der Waals surface area (Å²) < 4.78 is 0. The first-order valence-corrected chi connectivity index (χ1v) is 4.31. The van der Waals surface area contributed by atoms with Crippen LogP contribution in [0.2, 0.25) is 0 Å². The second-order valence-electron chi connectivity index (χ2n) is 2.61. The number of allylic oxidation sites excluding steroid dienone is 1. The van der Waals surface area contributed by atoms with Crippen molar-refractivity contribution >= 4 is 5.97 Å². The molecule has 0 heterocycles. The van der Waals surface area contributed by atoms with Gasteiger partial charge in [0.15, 0.2) is 0 Å². The van der Waals surface area contributed by atoms with Gasteiger partial charge in [0.25, 0.3) is 0 Å². The van der Waals surface area contributed by atoms with Gasteiger partial charge in [-0.2, -0.15) is 0 Å². The van der Waals surface area contributed by atoms with Crippen molar-refractivity contribution in [3.05, 3.63) is 12.2 Å². The Morgan fingerprint density at radius 3 is 2.83 bits per heavy atom. The van der Waals surface area contributed by atoms with Crippen molar-refractivity contribution in [1.82, 2.24) is 5.32 Å². The van der Waals surface area contributed by atoms with Gasteiger partial charge in [-0.05, 0) is 32.9 Å². The van der Waals surface area contributed by atoms with Crippen LogP contribution in [-0.2, 0) is 4.79 Å². The molecule has 0 aromatic heterocycles. The molecular weight excluding hydrogens is 154 g/mol. The SMILES string of the molecule is C/C=C/CCNCCCC(=O)O. The van der Waals surface area contributed by atoms with E-state index in [0.29, 0.717) is 6.42 Å². The van der Waals surface area contributed by atoms with Gasteiger partial charge in [0.2, 0.25) is 0 Å². The lowest BCUT2D eigenvalue weighted by Gasteiger charge is -1.99. The maximum Gasteiger partial charge on any atom is 0.303 e. The quantitative estimate of drug-likeness (QED) is 0.449. The van der Waals surface area contributed by atoms with Gasteiger partial charge in [-0.3, -0.25) is 4.79 Å². The van der Waals surface area contributed by atoms with Gasteiger partial charge < -0.3 is 10.4 Å². The zero-order chi connectivity index (χ0) is 9.23. The molecule has 0 aromatic carbocycles. The van der Waals surface area contributed by atoms with Crippen molar-refractivity contribution in [2.45, 2.75) is 26.2 Å². The van der Waals surface area contributed by atoms with E-state index in [1.54, 1.807) is 0 Å². The first-order valence-electron chi connectivity index (χ1n) is 4.31. The molecule has 0 amide bonds. The molecule has 0 rings (SSSR count). The molecule has 0 saturated heterocycles. The van der Waals surface area contributed by atoms with Gasteiger partial charge in [0.1, 0.15) is 0 Å². The molecule has 3 heteroatoms. The van der Waals surface area contributed by atoms with Crippen molar-refractivity contribution < 1.29 is 9.90 Å². The third-order valence-electron chi connectivity index (χ3n) is 1.47. The van der Waals surface area contributed by atoms with E-state index in [4.69, 9.17) is 5.11 Å². The maximum absolute atomic E-state index is 10.1. The van der Waals surface area contributed by atoms with Crippen LogP contribution in [0.3, 0.4) is 0 Å². The molecule has 12 heavy (non-hydrogen) atoms. The van der Waals surface area contributed by atoms with Gasteiger partial charge in [0.05, 0.1) is 0 Å². The Bertz CT molecular complexity index is 143. The van der Waals surface area contributed by atoms with E-state index < -0.39 is 5.97 Å². The van der Waals surface area contributed by atoms with E-state index in [1.165, 1.54) is 0 Å². The summed E-state index contributed by atoms with van der Waals surface area (Å²) in [5.74, 6) is -0.717. The number of hydrogen-bond acceptors (Lipinski definition) is 2. The predicted octanol–water partition coefficient (Wildman–Crippen LogP) is 1.41. The van der Waals surface area contributed by atoms with Gasteiger partial charge in [-0.15, -0.1) is 0 Å². The third-order valence-corrected chi connectivity index (χ3v) is 1.47. The van der Waals surface area contributed by atoms with Crippen LogP contribution in [0.5, 0.6) is 0 Å². The summed E-state index contributed by atoms with van der Waals surface area (Å²) in [7, 11) is 0. The molecule has 0 aliphatic carbocycles. The number of nitrogens with one attached hydrogen (secondary N) is 1. The minimum atomic E-state index is -0.717. The molecule has 0 aliphatic rings. The van der Waals surface area contributed by atoms with E-state index in [2.05, 4.69) is 11.4 Å². The molecule has 3 nitrogen and oxygen atoms in total. The Morgan fingerprint density at radius 2 is 2.25 bits per heavy atom. The number of hydrogen-bond donors (Lipinski definition) is 2.